The molecule has 1 aromatic heterocycles. The number of carbonyl (C=O) groups is 2. The lowest BCUT2D eigenvalue weighted by molar-refractivity contribution is -0.136. The van der Waals surface area contributed by atoms with Gasteiger partial charge in [0.05, 0.1) is 12.1 Å². The van der Waals surface area contributed by atoms with Gasteiger partial charge in [0.15, 0.2) is 0 Å². The van der Waals surface area contributed by atoms with Crippen molar-refractivity contribution in [3.05, 3.63) is 30.5 Å². The molecule has 3 N–H and O–H groups in total. The molecule has 0 radical (unpaired) electrons. The van der Waals surface area contributed by atoms with Crippen molar-refractivity contribution in [2.45, 2.75) is 26.3 Å². The van der Waals surface area contributed by atoms with Gasteiger partial charge in [-0.25, -0.2) is 0 Å². The lowest BCUT2D eigenvalue weighted by Crippen LogP contribution is -2.39. The highest BCUT2D eigenvalue weighted by atomic mass is 16.3. The molecule has 0 bridgehead atoms. The van der Waals surface area contributed by atoms with Crippen LogP contribution in [0, 0.1) is 5.41 Å². The predicted molar refractivity (Wildman–Crippen MR) is 88.0 cm³/mol. The number of hydrogen-bond donors (Lipinski definition) is 3. The van der Waals surface area contributed by atoms with Gasteiger partial charge in [0, 0.05) is 30.4 Å². The van der Waals surface area contributed by atoms with Crippen molar-refractivity contribution in [2.24, 2.45) is 5.41 Å². The van der Waals surface area contributed by atoms with Crippen LogP contribution in [0.15, 0.2) is 30.5 Å². The average molecular weight is 315 g/mol. The van der Waals surface area contributed by atoms with Gasteiger partial charge in [0.25, 0.3) is 0 Å². The van der Waals surface area contributed by atoms with Crippen LogP contribution in [0.2, 0.25) is 0 Å². The van der Waals surface area contributed by atoms with Crippen LogP contribution < -0.4 is 10.6 Å². The molecule has 122 valence electrons. The minimum atomic E-state index is -0.687. The molecule has 0 aliphatic heterocycles. The van der Waals surface area contributed by atoms with E-state index in [1.165, 1.54) is 0 Å². The Morgan fingerprint density at radius 3 is 2.70 bits per heavy atom. The van der Waals surface area contributed by atoms with Gasteiger partial charge in [-0.15, -0.1) is 0 Å². The molecular formula is C17H21N3O3. The molecule has 1 fully saturated rings. The van der Waals surface area contributed by atoms with Crippen molar-refractivity contribution in [1.82, 2.24) is 9.88 Å². The van der Waals surface area contributed by atoms with Crippen molar-refractivity contribution >= 4 is 28.4 Å². The summed E-state index contributed by atoms with van der Waals surface area (Å²) in [5.41, 5.74) is 1.40. The van der Waals surface area contributed by atoms with E-state index in [2.05, 4.69) is 15.2 Å². The maximum Gasteiger partial charge on any atom is 0.313 e. The topological polar surface area (TPSA) is 83.4 Å². The van der Waals surface area contributed by atoms with Crippen LogP contribution >= 0.6 is 0 Å². The molecule has 0 saturated heterocycles. The Hall–Kier alpha value is -2.34. The van der Waals surface area contributed by atoms with Gasteiger partial charge >= 0.3 is 11.8 Å². The number of hydrogen-bond acceptors (Lipinski definition) is 3. The Kier molecular flexibility index (Phi) is 4.09. The van der Waals surface area contributed by atoms with Crippen molar-refractivity contribution in [1.29, 1.82) is 0 Å². The lowest BCUT2D eigenvalue weighted by Gasteiger charge is -2.12. The summed E-state index contributed by atoms with van der Waals surface area (Å²) in [7, 11) is 0. The van der Waals surface area contributed by atoms with E-state index >= 15 is 0 Å². The Bertz CT molecular complexity index is 747. The maximum absolute atomic E-state index is 12.0. The standard InChI is InChI=1S/C17H21N3O3/c1-2-20-8-5-12-3-4-13(9-14(12)20)19-16(23)15(22)18-10-17(11-21)6-7-17/h3-5,8-9,21H,2,6-7,10-11H2,1H3,(H,18,22)(H,19,23). The number of rotatable bonds is 5. The first-order valence-corrected chi connectivity index (χ1v) is 7.86. The van der Waals surface area contributed by atoms with Gasteiger partial charge in [-0.05, 0) is 43.4 Å². The molecule has 3 rings (SSSR count). The van der Waals surface area contributed by atoms with Crippen molar-refractivity contribution in [3.63, 3.8) is 0 Å². The second-order valence-electron chi connectivity index (χ2n) is 6.17. The smallest absolute Gasteiger partial charge is 0.313 e. The number of nitrogens with one attached hydrogen (secondary N) is 2. The number of nitrogens with zero attached hydrogens (tertiary/aromatic N) is 1. The summed E-state index contributed by atoms with van der Waals surface area (Å²) in [4.78, 5) is 23.8. The highest BCUT2D eigenvalue weighted by Crippen LogP contribution is 2.44. The normalized spacial score (nSPS) is 15.4. The zero-order valence-electron chi connectivity index (χ0n) is 13.1. The van der Waals surface area contributed by atoms with E-state index in [-0.39, 0.29) is 12.0 Å². The maximum atomic E-state index is 12.0. The van der Waals surface area contributed by atoms with Gasteiger partial charge in [-0.2, -0.15) is 0 Å². The predicted octanol–water partition coefficient (Wildman–Crippen LogP) is 1.49. The second-order valence-corrected chi connectivity index (χ2v) is 6.17. The van der Waals surface area contributed by atoms with E-state index in [4.69, 9.17) is 0 Å². The first-order chi connectivity index (χ1) is 11.1. The molecule has 1 aliphatic carbocycles. The number of aryl methyl sites for hydroxylation is 1. The largest absolute Gasteiger partial charge is 0.396 e. The zero-order chi connectivity index (χ0) is 16.4. The fourth-order valence-corrected chi connectivity index (χ4v) is 2.64. The molecule has 0 spiro atoms. The highest BCUT2D eigenvalue weighted by Gasteiger charge is 2.42. The minimum absolute atomic E-state index is 0.0412. The van der Waals surface area contributed by atoms with E-state index in [0.717, 1.165) is 30.3 Å². The van der Waals surface area contributed by atoms with Crippen molar-refractivity contribution in [2.75, 3.05) is 18.5 Å². The molecule has 1 heterocycles. The minimum Gasteiger partial charge on any atom is -0.396 e. The number of aliphatic hydroxyl groups excluding tert-OH is 1. The zero-order valence-corrected chi connectivity index (χ0v) is 13.1. The lowest BCUT2D eigenvalue weighted by atomic mass is 10.1. The fraction of sp³-hybridized carbons (Fsp3) is 0.412. The Morgan fingerprint density at radius 1 is 1.26 bits per heavy atom. The molecule has 1 saturated carbocycles. The second kappa shape index (κ2) is 6.04. The number of carbonyl (C=O) groups excluding carboxylic acids is 2. The van der Waals surface area contributed by atoms with Crippen molar-refractivity contribution < 1.29 is 14.7 Å². The molecule has 6 nitrogen and oxygen atoms in total. The molecule has 0 unspecified atom stereocenters. The van der Waals surface area contributed by atoms with Crippen LogP contribution in [0.5, 0.6) is 0 Å². The number of benzene rings is 1. The van der Waals surface area contributed by atoms with Crippen LogP contribution in [0.1, 0.15) is 19.8 Å². The third-order valence-corrected chi connectivity index (χ3v) is 4.50. The van der Waals surface area contributed by atoms with Crippen LogP contribution in [-0.2, 0) is 16.1 Å². The summed E-state index contributed by atoms with van der Waals surface area (Å²) in [6.45, 7) is 3.27. The quantitative estimate of drug-likeness (QED) is 0.731. The molecular weight excluding hydrogens is 294 g/mol. The van der Waals surface area contributed by atoms with Crippen LogP contribution in [-0.4, -0.2) is 34.6 Å². The van der Waals surface area contributed by atoms with E-state index in [9.17, 15) is 14.7 Å². The van der Waals surface area contributed by atoms with Crippen LogP contribution in [0.25, 0.3) is 10.9 Å². The van der Waals surface area contributed by atoms with Gasteiger partial charge in [-0.1, -0.05) is 6.07 Å². The first kappa shape index (κ1) is 15.6. The van der Waals surface area contributed by atoms with E-state index in [0.29, 0.717) is 12.2 Å². The fourth-order valence-electron chi connectivity index (χ4n) is 2.64. The number of amides is 2. The number of fused-ring (bicyclic) bond motifs is 1. The summed E-state index contributed by atoms with van der Waals surface area (Å²) < 4.78 is 2.07. The van der Waals surface area contributed by atoms with Gasteiger partial charge < -0.3 is 20.3 Å². The molecule has 0 atom stereocenters. The van der Waals surface area contributed by atoms with E-state index in [1.54, 1.807) is 6.07 Å². The summed E-state index contributed by atoms with van der Waals surface area (Å²) in [6, 6.07) is 7.57. The molecule has 2 aromatic rings. The first-order valence-electron chi connectivity index (χ1n) is 7.86. The monoisotopic (exact) mass is 315 g/mol. The van der Waals surface area contributed by atoms with Crippen LogP contribution in [0.3, 0.4) is 0 Å². The van der Waals surface area contributed by atoms with Crippen LogP contribution in [0.4, 0.5) is 5.69 Å². The Balaban J connectivity index is 1.63. The van der Waals surface area contributed by atoms with Gasteiger partial charge in [-0.3, -0.25) is 9.59 Å². The number of aliphatic hydroxyl groups is 1. The molecule has 1 aromatic carbocycles. The molecule has 6 heteroatoms. The number of aromatic nitrogens is 1. The van der Waals surface area contributed by atoms with Gasteiger partial charge in [0.2, 0.25) is 0 Å². The van der Waals surface area contributed by atoms with Crippen molar-refractivity contribution in [3.8, 4) is 0 Å². The van der Waals surface area contributed by atoms with Gasteiger partial charge in [0.1, 0.15) is 0 Å². The summed E-state index contributed by atoms with van der Waals surface area (Å²) >= 11 is 0. The Labute approximate surface area is 134 Å². The van der Waals surface area contributed by atoms with E-state index in [1.807, 2.05) is 31.3 Å². The highest BCUT2D eigenvalue weighted by molar-refractivity contribution is 6.39. The summed E-state index contributed by atoms with van der Waals surface area (Å²) in [5.74, 6) is -1.36. The van der Waals surface area contributed by atoms with E-state index < -0.39 is 11.8 Å². The molecule has 2 amide bonds. The molecule has 1 aliphatic rings. The third-order valence-electron chi connectivity index (χ3n) is 4.50. The molecule has 23 heavy (non-hydrogen) atoms. The third kappa shape index (κ3) is 3.22. The number of anilines is 1. The average Bonchev–Trinajstić information content (AvgIpc) is 3.24. The SMILES string of the molecule is CCn1ccc2ccc(NC(=O)C(=O)NCC3(CO)CC3)cc21. The summed E-state index contributed by atoms with van der Waals surface area (Å²) in [6.07, 6.45) is 3.76. The Morgan fingerprint density at radius 2 is 2.04 bits per heavy atom. The summed E-state index contributed by atoms with van der Waals surface area (Å²) in [5, 5.41) is 15.5.